The van der Waals surface area contributed by atoms with Gasteiger partial charge in [0.1, 0.15) is 5.69 Å². The van der Waals surface area contributed by atoms with Gasteiger partial charge in [0, 0.05) is 18.9 Å². The Morgan fingerprint density at radius 1 is 1.45 bits per heavy atom. The van der Waals surface area contributed by atoms with Crippen molar-refractivity contribution in [1.82, 2.24) is 20.3 Å². The molecule has 3 N–H and O–H groups in total. The zero-order chi connectivity index (χ0) is 15.6. The molecule has 7 heteroatoms. The van der Waals surface area contributed by atoms with Gasteiger partial charge in [-0.25, -0.2) is 5.01 Å². The first-order valence-electron chi connectivity index (χ1n) is 7.73. The standard InChI is InChI=1S/C15H22N6S/c1-11(13-9-17-6-7-19-13)20-21(14(16)22)15-4-2-12(3-5-15)8-18-10-15/h6-7,9,12,18H,2-5,8,10H2,1H3,(H2,16,22). The minimum atomic E-state index is -0.109. The lowest BCUT2D eigenvalue weighted by Crippen LogP contribution is -2.56. The molecule has 0 atom stereocenters. The maximum Gasteiger partial charge on any atom is 0.187 e. The molecular weight excluding hydrogens is 296 g/mol. The maximum atomic E-state index is 6.01. The van der Waals surface area contributed by atoms with Crippen molar-refractivity contribution in [2.24, 2.45) is 16.8 Å². The smallest absolute Gasteiger partial charge is 0.187 e. The highest BCUT2D eigenvalue weighted by Gasteiger charge is 2.43. The van der Waals surface area contributed by atoms with E-state index in [0.717, 1.165) is 43.3 Å². The van der Waals surface area contributed by atoms with E-state index in [2.05, 4.69) is 15.3 Å². The van der Waals surface area contributed by atoms with Crippen molar-refractivity contribution in [2.75, 3.05) is 13.1 Å². The topological polar surface area (TPSA) is 79.4 Å². The van der Waals surface area contributed by atoms with E-state index < -0.39 is 0 Å². The molecule has 1 saturated carbocycles. The van der Waals surface area contributed by atoms with Gasteiger partial charge in [0.2, 0.25) is 0 Å². The Balaban J connectivity index is 1.91. The van der Waals surface area contributed by atoms with Crippen molar-refractivity contribution in [3.63, 3.8) is 0 Å². The predicted octanol–water partition coefficient (Wildman–Crippen LogP) is 1.28. The van der Waals surface area contributed by atoms with Crippen molar-refractivity contribution in [1.29, 1.82) is 0 Å². The molecule has 3 fully saturated rings. The third-order valence-corrected chi connectivity index (χ3v) is 4.94. The Morgan fingerprint density at radius 2 is 2.23 bits per heavy atom. The molecular formula is C15H22N6S. The molecule has 1 aromatic heterocycles. The fraction of sp³-hybridized carbons (Fsp3) is 0.600. The lowest BCUT2D eigenvalue weighted by atomic mass is 9.78. The number of hydrogen-bond donors (Lipinski definition) is 2. The second kappa shape index (κ2) is 6.26. The van der Waals surface area contributed by atoms with E-state index in [4.69, 9.17) is 23.1 Å². The third-order valence-electron chi connectivity index (χ3n) is 4.76. The highest BCUT2D eigenvalue weighted by Crippen LogP contribution is 2.38. The van der Waals surface area contributed by atoms with Crippen LogP contribution in [0, 0.1) is 5.92 Å². The van der Waals surface area contributed by atoms with Crippen LogP contribution in [0.15, 0.2) is 23.7 Å². The molecule has 1 aliphatic carbocycles. The Morgan fingerprint density at radius 3 is 2.86 bits per heavy atom. The zero-order valence-corrected chi connectivity index (χ0v) is 13.6. The molecule has 2 bridgehead atoms. The summed E-state index contributed by atoms with van der Waals surface area (Å²) in [7, 11) is 0. The van der Waals surface area contributed by atoms with Crippen LogP contribution in [0.4, 0.5) is 0 Å². The maximum absolute atomic E-state index is 6.01. The SMILES string of the molecule is CC(=NN(C(N)=S)C12CCC(CC1)CNC2)c1cnccn1. The van der Waals surface area contributed by atoms with Gasteiger partial charge in [0.25, 0.3) is 0 Å². The number of aromatic nitrogens is 2. The normalized spacial score (nSPS) is 28.2. The van der Waals surface area contributed by atoms with Gasteiger partial charge in [0.15, 0.2) is 5.11 Å². The number of fused-ring (bicyclic) bond motifs is 4. The van der Waals surface area contributed by atoms with Gasteiger partial charge >= 0.3 is 0 Å². The summed E-state index contributed by atoms with van der Waals surface area (Å²) in [6.07, 6.45) is 9.56. The van der Waals surface area contributed by atoms with Gasteiger partial charge in [-0.15, -0.1) is 0 Å². The first-order chi connectivity index (χ1) is 10.6. The molecule has 4 rings (SSSR count). The Labute approximate surface area is 136 Å². The van der Waals surface area contributed by atoms with E-state index in [1.807, 2.05) is 11.9 Å². The monoisotopic (exact) mass is 318 g/mol. The minimum Gasteiger partial charge on any atom is -0.375 e. The Bertz CT molecular complexity index is 559. The van der Waals surface area contributed by atoms with E-state index in [1.54, 1.807) is 18.6 Å². The summed E-state index contributed by atoms with van der Waals surface area (Å²) in [6.45, 7) is 3.87. The molecule has 6 nitrogen and oxygen atoms in total. The lowest BCUT2D eigenvalue weighted by Gasteiger charge is -2.43. The summed E-state index contributed by atoms with van der Waals surface area (Å²) in [4.78, 5) is 8.39. The Kier molecular flexibility index (Phi) is 4.35. The minimum absolute atomic E-state index is 0.109. The summed E-state index contributed by atoms with van der Waals surface area (Å²) in [5.41, 5.74) is 7.43. The van der Waals surface area contributed by atoms with Crippen molar-refractivity contribution < 1.29 is 0 Å². The summed E-state index contributed by atoms with van der Waals surface area (Å²) in [6, 6.07) is 0. The molecule has 1 aromatic rings. The largest absolute Gasteiger partial charge is 0.375 e. The van der Waals surface area contributed by atoms with Gasteiger partial charge in [0.05, 0.1) is 17.4 Å². The number of hydrazone groups is 1. The van der Waals surface area contributed by atoms with Gasteiger partial charge in [-0.3, -0.25) is 9.97 Å². The highest BCUT2D eigenvalue weighted by atomic mass is 32.1. The van der Waals surface area contributed by atoms with Crippen molar-refractivity contribution in [3.05, 3.63) is 24.3 Å². The molecule has 3 heterocycles. The van der Waals surface area contributed by atoms with Gasteiger partial charge in [-0.05, 0) is 57.3 Å². The number of nitrogens with one attached hydrogen (secondary N) is 1. The fourth-order valence-electron chi connectivity index (χ4n) is 3.47. The zero-order valence-electron chi connectivity index (χ0n) is 12.8. The molecule has 0 spiro atoms. The first-order valence-corrected chi connectivity index (χ1v) is 8.13. The summed E-state index contributed by atoms with van der Waals surface area (Å²) in [5.74, 6) is 0.772. The lowest BCUT2D eigenvalue weighted by molar-refractivity contribution is 0.123. The number of hydrogen-bond acceptors (Lipinski definition) is 5. The quantitative estimate of drug-likeness (QED) is 0.496. The first kappa shape index (κ1) is 15.3. The predicted molar refractivity (Wildman–Crippen MR) is 90.4 cm³/mol. The fourth-order valence-corrected chi connectivity index (χ4v) is 3.70. The molecule has 22 heavy (non-hydrogen) atoms. The molecule has 2 saturated heterocycles. The van der Waals surface area contributed by atoms with E-state index >= 15 is 0 Å². The summed E-state index contributed by atoms with van der Waals surface area (Å²) in [5, 5.41) is 10.4. The number of rotatable bonds is 3. The van der Waals surface area contributed by atoms with Crippen LogP contribution < -0.4 is 11.1 Å². The van der Waals surface area contributed by atoms with Crippen LogP contribution in [0.2, 0.25) is 0 Å². The van der Waals surface area contributed by atoms with Crippen LogP contribution in [-0.4, -0.2) is 44.4 Å². The highest BCUT2D eigenvalue weighted by molar-refractivity contribution is 7.80. The second-order valence-corrected chi connectivity index (χ2v) is 6.64. The van der Waals surface area contributed by atoms with Crippen LogP contribution >= 0.6 is 12.2 Å². The number of nitrogens with zero attached hydrogens (tertiary/aromatic N) is 4. The van der Waals surface area contributed by atoms with Crippen LogP contribution in [0.1, 0.15) is 38.3 Å². The van der Waals surface area contributed by atoms with Crippen LogP contribution in [-0.2, 0) is 0 Å². The van der Waals surface area contributed by atoms with E-state index in [9.17, 15) is 0 Å². The summed E-state index contributed by atoms with van der Waals surface area (Å²) < 4.78 is 0. The average Bonchev–Trinajstić information content (AvgIpc) is 2.87. The molecule has 0 amide bonds. The van der Waals surface area contributed by atoms with Crippen LogP contribution in [0.5, 0.6) is 0 Å². The van der Waals surface area contributed by atoms with Gasteiger partial charge < -0.3 is 11.1 Å². The van der Waals surface area contributed by atoms with E-state index in [-0.39, 0.29) is 5.54 Å². The molecule has 0 unspecified atom stereocenters. The molecule has 0 aromatic carbocycles. The second-order valence-electron chi connectivity index (χ2n) is 6.22. The van der Waals surface area contributed by atoms with Crippen molar-refractivity contribution in [3.8, 4) is 0 Å². The van der Waals surface area contributed by atoms with Gasteiger partial charge in [-0.2, -0.15) is 5.10 Å². The third kappa shape index (κ3) is 2.96. The average molecular weight is 318 g/mol. The number of thiocarbonyl (C=S) groups is 1. The molecule has 2 aliphatic heterocycles. The van der Waals surface area contributed by atoms with Gasteiger partial charge in [-0.1, -0.05) is 0 Å². The Hall–Kier alpha value is -1.60. The molecule has 118 valence electrons. The van der Waals surface area contributed by atoms with E-state index in [1.165, 1.54) is 12.8 Å². The molecule has 3 aliphatic rings. The molecule has 0 radical (unpaired) electrons. The van der Waals surface area contributed by atoms with E-state index in [0.29, 0.717) is 5.11 Å². The summed E-state index contributed by atoms with van der Waals surface area (Å²) >= 11 is 5.30. The van der Waals surface area contributed by atoms with Crippen molar-refractivity contribution in [2.45, 2.75) is 38.1 Å². The van der Waals surface area contributed by atoms with Crippen LogP contribution in [0.25, 0.3) is 0 Å². The van der Waals surface area contributed by atoms with Crippen molar-refractivity contribution >= 4 is 23.0 Å². The number of nitrogens with two attached hydrogens (primary N) is 1. The van der Waals surface area contributed by atoms with Crippen LogP contribution in [0.3, 0.4) is 0 Å².